The molecule has 0 spiro atoms. The van der Waals surface area contributed by atoms with Crippen molar-refractivity contribution >= 4 is 0 Å². The van der Waals surface area contributed by atoms with Crippen molar-refractivity contribution in [1.82, 2.24) is 5.32 Å². The largest absolute Gasteiger partial charge is 0.376 e. The average Bonchev–Trinajstić information content (AvgIpc) is 3.17. The maximum Gasteiger partial charge on any atom is 0.0797 e. The van der Waals surface area contributed by atoms with Gasteiger partial charge in [-0.25, -0.2) is 0 Å². The van der Waals surface area contributed by atoms with Crippen LogP contribution < -0.4 is 5.32 Å². The second kappa shape index (κ2) is 5.85. The van der Waals surface area contributed by atoms with Gasteiger partial charge in [0.2, 0.25) is 0 Å². The summed E-state index contributed by atoms with van der Waals surface area (Å²) in [6.07, 6.45) is 2.95. The van der Waals surface area contributed by atoms with Crippen LogP contribution in [0.5, 0.6) is 0 Å². The van der Waals surface area contributed by atoms with Crippen LogP contribution in [0.15, 0.2) is 18.2 Å². The molecule has 0 aliphatic heterocycles. The molecule has 0 heterocycles. The molecular formula is C16H25NO. The Hall–Kier alpha value is -0.860. The third-order valence-electron chi connectivity index (χ3n) is 3.86. The van der Waals surface area contributed by atoms with Crippen molar-refractivity contribution in [3.05, 3.63) is 34.9 Å². The molecule has 2 rings (SSSR count). The molecular weight excluding hydrogens is 222 g/mol. The summed E-state index contributed by atoms with van der Waals surface area (Å²) < 4.78 is 6.01. The Labute approximate surface area is 111 Å². The van der Waals surface area contributed by atoms with Crippen LogP contribution in [0.1, 0.15) is 42.5 Å². The van der Waals surface area contributed by atoms with Gasteiger partial charge in [0.05, 0.1) is 12.1 Å². The van der Waals surface area contributed by atoms with Gasteiger partial charge in [-0.2, -0.15) is 0 Å². The lowest BCUT2D eigenvalue weighted by Gasteiger charge is -2.28. The molecule has 1 fully saturated rings. The molecule has 1 aromatic rings. The number of aryl methyl sites for hydroxylation is 2. The molecule has 1 aromatic carbocycles. The van der Waals surface area contributed by atoms with Crippen molar-refractivity contribution in [3.8, 4) is 0 Å². The van der Waals surface area contributed by atoms with Gasteiger partial charge >= 0.3 is 0 Å². The van der Waals surface area contributed by atoms with Crippen molar-refractivity contribution in [1.29, 1.82) is 0 Å². The zero-order valence-electron chi connectivity index (χ0n) is 12.0. The highest BCUT2D eigenvalue weighted by Gasteiger charge is 2.37. The van der Waals surface area contributed by atoms with Gasteiger partial charge < -0.3 is 10.1 Å². The Bertz CT molecular complexity index is 398. The predicted molar refractivity (Wildman–Crippen MR) is 75.9 cm³/mol. The van der Waals surface area contributed by atoms with E-state index < -0.39 is 0 Å². The number of hydrogen-bond donors (Lipinski definition) is 1. The van der Waals surface area contributed by atoms with Crippen LogP contribution in [0.3, 0.4) is 0 Å². The second-order valence-electron chi connectivity index (χ2n) is 5.38. The molecule has 1 aliphatic carbocycles. The van der Waals surface area contributed by atoms with E-state index in [2.05, 4.69) is 44.3 Å². The fourth-order valence-corrected chi connectivity index (χ4v) is 2.71. The molecule has 0 saturated heterocycles. The zero-order valence-corrected chi connectivity index (χ0v) is 12.0. The summed E-state index contributed by atoms with van der Waals surface area (Å²) in [5, 5.41) is 3.47. The first kappa shape index (κ1) is 13.6. The maximum atomic E-state index is 6.01. The summed E-state index contributed by atoms with van der Waals surface area (Å²) in [6, 6.07) is 7.01. The topological polar surface area (TPSA) is 21.3 Å². The summed E-state index contributed by atoms with van der Waals surface area (Å²) in [4.78, 5) is 0. The molecule has 0 aromatic heterocycles. The Balaban J connectivity index is 2.27. The van der Waals surface area contributed by atoms with Crippen molar-refractivity contribution in [2.75, 3.05) is 13.7 Å². The van der Waals surface area contributed by atoms with Crippen LogP contribution in [0.2, 0.25) is 0 Å². The molecule has 18 heavy (non-hydrogen) atoms. The molecule has 2 heteroatoms. The van der Waals surface area contributed by atoms with E-state index in [9.17, 15) is 0 Å². The van der Waals surface area contributed by atoms with Gasteiger partial charge in [-0.1, -0.05) is 23.8 Å². The van der Waals surface area contributed by atoms with Gasteiger partial charge in [0, 0.05) is 6.61 Å². The molecule has 1 saturated carbocycles. The minimum absolute atomic E-state index is 0.317. The lowest BCUT2D eigenvalue weighted by atomic mass is 9.93. The van der Waals surface area contributed by atoms with E-state index in [0.717, 1.165) is 12.5 Å². The lowest BCUT2D eigenvalue weighted by molar-refractivity contribution is 0.0203. The summed E-state index contributed by atoms with van der Waals surface area (Å²) in [5.74, 6) is 0.738. The number of rotatable bonds is 6. The Morgan fingerprint density at radius 1 is 1.33 bits per heavy atom. The van der Waals surface area contributed by atoms with E-state index in [1.54, 1.807) is 0 Å². The van der Waals surface area contributed by atoms with Crippen LogP contribution in [0.4, 0.5) is 0 Å². The fraction of sp³-hybridized carbons (Fsp3) is 0.625. The van der Waals surface area contributed by atoms with Gasteiger partial charge in [-0.3, -0.25) is 0 Å². The van der Waals surface area contributed by atoms with E-state index in [1.807, 2.05) is 7.05 Å². The lowest BCUT2D eigenvalue weighted by Crippen LogP contribution is -2.34. The predicted octanol–water partition coefficient (Wildman–Crippen LogP) is 3.38. The summed E-state index contributed by atoms with van der Waals surface area (Å²) in [5.41, 5.74) is 4.06. The van der Waals surface area contributed by atoms with Gasteiger partial charge in [0.15, 0.2) is 0 Å². The highest BCUT2D eigenvalue weighted by Crippen LogP contribution is 2.40. The van der Waals surface area contributed by atoms with E-state index in [1.165, 1.54) is 29.5 Å². The van der Waals surface area contributed by atoms with Crippen molar-refractivity contribution < 1.29 is 4.74 Å². The monoisotopic (exact) mass is 247 g/mol. The molecule has 0 amide bonds. The van der Waals surface area contributed by atoms with Crippen molar-refractivity contribution in [2.24, 2.45) is 5.92 Å². The normalized spacial score (nSPS) is 18.7. The standard InChI is InChI=1S/C16H25NO/c1-5-18-16(13-8-9-13)15(17-4)14-10-11(2)6-7-12(14)3/h6-7,10,13,15-17H,5,8-9H2,1-4H3. The third kappa shape index (κ3) is 2.93. The molecule has 2 atom stereocenters. The number of ether oxygens (including phenoxy) is 1. The molecule has 2 unspecified atom stereocenters. The summed E-state index contributed by atoms with van der Waals surface area (Å²) in [6.45, 7) is 7.23. The number of benzene rings is 1. The maximum absolute atomic E-state index is 6.01. The Kier molecular flexibility index (Phi) is 4.41. The van der Waals surface area contributed by atoms with Crippen LogP contribution >= 0.6 is 0 Å². The molecule has 1 aliphatic rings. The minimum atomic E-state index is 0.317. The van der Waals surface area contributed by atoms with Crippen LogP contribution in [-0.2, 0) is 4.74 Å². The summed E-state index contributed by atoms with van der Waals surface area (Å²) >= 11 is 0. The SMILES string of the molecule is CCOC(C1CC1)C(NC)c1cc(C)ccc1C. The average molecular weight is 247 g/mol. The zero-order chi connectivity index (χ0) is 13.1. The van der Waals surface area contributed by atoms with Gasteiger partial charge in [-0.05, 0) is 57.7 Å². The van der Waals surface area contributed by atoms with Crippen LogP contribution in [0, 0.1) is 19.8 Å². The second-order valence-corrected chi connectivity index (χ2v) is 5.38. The van der Waals surface area contributed by atoms with Gasteiger partial charge in [0.25, 0.3) is 0 Å². The van der Waals surface area contributed by atoms with Crippen LogP contribution in [0.25, 0.3) is 0 Å². The first-order valence-electron chi connectivity index (χ1n) is 7.03. The molecule has 2 nitrogen and oxygen atoms in total. The quantitative estimate of drug-likeness (QED) is 0.832. The van der Waals surface area contributed by atoms with Crippen LogP contribution in [-0.4, -0.2) is 19.8 Å². The molecule has 0 radical (unpaired) electrons. The van der Waals surface area contributed by atoms with Gasteiger partial charge in [0.1, 0.15) is 0 Å². The van der Waals surface area contributed by atoms with Crippen molar-refractivity contribution in [2.45, 2.75) is 45.8 Å². The first-order valence-corrected chi connectivity index (χ1v) is 7.03. The number of nitrogens with one attached hydrogen (secondary N) is 1. The van der Waals surface area contributed by atoms with Gasteiger partial charge in [-0.15, -0.1) is 0 Å². The number of hydrogen-bond acceptors (Lipinski definition) is 2. The molecule has 0 bridgehead atoms. The Morgan fingerprint density at radius 2 is 2.06 bits per heavy atom. The Morgan fingerprint density at radius 3 is 2.61 bits per heavy atom. The highest BCUT2D eigenvalue weighted by molar-refractivity contribution is 5.34. The van der Waals surface area contributed by atoms with E-state index in [0.29, 0.717) is 12.1 Å². The van der Waals surface area contributed by atoms with E-state index >= 15 is 0 Å². The number of likely N-dealkylation sites (N-methyl/N-ethyl adjacent to an activating group) is 1. The van der Waals surface area contributed by atoms with E-state index in [-0.39, 0.29) is 0 Å². The fourth-order valence-electron chi connectivity index (χ4n) is 2.71. The smallest absolute Gasteiger partial charge is 0.0797 e. The molecule has 100 valence electrons. The highest BCUT2D eigenvalue weighted by atomic mass is 16.5. The van der Waals surface area contributed by atoms with Crippen molar-refractivity contribution in [3.63, 3.8) is 0 Å². The first-order chi connectivity index (χ1) is 8.67. The molecule has 1 N–H and O–H groups in total. The minimum Gasteiger partial charge on any atom is -0.376 e. The van der Waals surface area contributed by atoms with E-state index in [4.69, 9.17) is 4.74 Å². The third-order valence-corrected chi connectivity index (χ3v) is 3.86. The summed E-state index contributed by atoms with van der Waals surface area (Å²) in [7, 11) is 2.04.